The maximum atomic E-state index is 13.6. The molecule has 0 unspecified atom stereocenters. The van der Waals surface area contributed by atoms with Gasteiger partial charge in [-0.05, 0) is 18.2 Å². The first-order valence-electron chi connectivity index (χ1n) is 6.54. The Labute approximate surface area is 140 Å². The number of aromatic nitrogens is 1. The monoisotopic (exact) mass is 372 g/mol. The molecule has 0 aliphatic carbocycles. The predicted octanol–water partition coefficient (Wildman–Crippen LogP) is 5.07. The van der Waals surface area contributed by atoms with Crippen molar-refractivity contribution in [3.63, 3.8) is 0 Å². The SMILES string of the molecule is O=[N+]([O-])c1ccc2nc(/C=C/c3c(F)c(F)c(F)c(F)c3F)sc2c1. The number of hydrogen-bond acceptors (Lipinski definition) is 4. The lowest BCUT2D eigenvalue weighted by Crippen LogP contribution is -2.03. The standard InChI is InChI=1S/C15H5F5N2O2S/c16-11-7(12(17)14(19)15(20)13(11)18)2-4-10-21-8-3-1-6(22(23)24)5-9(8)25-10/h1-5H/b4-2+. The minimum absolute atomic E-state index is 0.161. The normalized spacial score (nSPS) is 11.6. The predicted molar refractivity (Wildman–Crippen MR) is 81.4 cm³/mol. The molecule has 25 heavy (non-hydrogen) atoms. The summed E-state index contributed by atoms with van der Waals surface area (Å²) in [7, 11) is 0. The zero-order chi connectivity index (χ0) is 18.3. The summed E-state index contributed by atoms with van der Waals surface area (Å²) in [5, 5.41) is 10.9. The van der Waals surface area contributed by atoms with E-state index in [9.17, 15) is 32.1 Å². The number of hydrogen-bond donors (Lipinski definition) is 0. The van der Waals surface area contributed by atoms with Crippen molar-refractivity contribution in [1.82, 2.24) is 4.98 Å². The highest BCUT2D eigenvalue weighted by Gasteiger charge is 2.24. The first kappa shape index (κ1) is 17.0. The first-order chi connectivity index (χ1) is 11.8. The maximum absolute atomic E-state index is 13.6. The van der Waals surface area contributed by atoms with Crippen LogP contribution in [0.5, 0.6) is 0 Å². The third kappa shape index (κ3) is 2.95. The molecule has 2 aromatic carbocycles. The fourth-order valence-corrected chi connectivity index (χ4v) is 2.94. The van der Waals surface area contributed by atoms with E-state index in [4.69, 9.17) is 0 Å². The lowest BCUT2D eigenvalue weighted by molar-refractivity contribution is -0.384. The number of halogens is 5. The number of fused-ring (bicyclic) bond motifs is 1. The van der Waals surface area contributed by atoms with E-state index in [1.807, 2.05) is 0 Å². The summed E-state index contributed by atoms with van der Waals surface area (Å²) < 4.78 is 66.9. The number of nitro benzene ring substituents is 1. The summed E-state index contributed by atoms with van der Waals surface area (Å²) in [5.74, 6) is -10.2. The highest BCUT2D eigenvalue weighted by atomic mass is 32.1. The molecule has 1 heterocycles. The molecule has 1 aromatic heterocycles. The molecule has 0 fully saturated rings. The van der Waals surface area contributed by atoms with Gasteiger partial charge in [0.1, 0.15) is 5.01 Å². The number of nitrogens with zero attached hydrogens (tertiary/aromatic N) is 2. The summed E-state index contributed by atoms with van der Waals surface area (Å²) in [5.41, 5.74) is -0.860. The number of rotatable bonds is 3. The molecule has 0 bridgehead atoms. The van der Waals surface area contributed by atoms with E-state index in [1.165, 1.54) is 18.2 Å². The third-order valence-corrected chi connectivity index (χ3v) is 4.22. The first-order valence-corrected chi connectivity index (χ1v) is 7.35. The molecule has 0 spiro atoms. The Balaban J connectivity index is 2.03. The van der Waals surface area contributed by atoms with E-state index in [1.54, 1.807) is 0 Å². The molecular weight excluding hydrogens is 367 g/mol. The van der Waals surface area contributed by atoms with Crippen LogP contribution in [0.2, 0.25) is 0 Å². The lowest BCUT2D eigenvalue weighted by Gasteiger charge is -2.03. The Morgan fingerprint density at radius 2 is 1.56 bits per heavy atom. The largest absolute Gasteiger partial charge is 0.270 e. The maximum Gasteiger partial charge on any atom is 0.270 e. The van der Waals surface area contributed by atoms with Crippen molar-refractivity contribution in [1.29, 1.82) is 0 Å². The van der Waals surface area contributed by atoms with Crippen LogP contribution in [0.15, 0.2) is 18.2 Å². The van der Waals surface area contributed by atoms with Crippen LogP contribution in [-0.2, 0) is 0 Å². The van der Waals surface area contributed by atoms with Crippen LogP contribution in [0.25, 0.3) is 22.4 Å². The minimum atomic E-state index is -2.24. The zero-order valence-electron chi connectivity index (χ0n) is 11.9. The van der Waals surface area contributed by atoms with E-state index >= 15 is 0 Å². The van der Waals surface area contributed by atoms with Crippen molar-refractivity contribution < 1.29 is 26.9 Å². The fourth-order valence-electron chi connectivity index (χ4n) is 2.04. The van der Waals surface area contributed by atoms with Gasteiger partial charge in [0.25, 0.3) is 5.69 Å². The Kier molecular flexibility index (Phi) is 4.21. The van der Waals surface area contributed by atoms with Gasteiger partial charge in [0, 0.05) is 12.1 Å². The summed E-state index contributed by atoms with van der Waals surface area (Å²) >= 11 is 0.963. The second-order valence-electron chi connectivity index (χ2n) is 4.78. The van der Waals surface area contributed by atoms with E-state index in [0.29, 0.717) is 16.3 Å². The molecule has 0 saturated carbocycles. The molecular formula is C15H5F5N2O2S. The molecule has 0 N–H and O–H groups in total. The quantitative estimate of drug-likeness (QED) is 0.212. The molecule has 0 saturated heterocycles. The van der Waals surface area contributed by atoms with Crippen LogP contribution in [0.3, 0.4) is 0 Å². The van der Waals surface area contributed by atoms with Crippen LogP contribution in [0.4, 0.5) is 27.6 Å². The Bertz CT molecular complexity index is 1020. The summed E-state index contributed by atoms with van der Waals surface area (Å²) in [6.45, 7) is 0. The molecule has 128 valence electrons. The van der Waals surface area contributed by atoms with E-state index in [0.717, 1.165) is 17.4 Å². The Hall–Kier alpha value is -2.88. The molecule has 0 aliphatic rings. The van der Waals surface area contributed by atoms with Gasteiger partial charge in [-0.25, -0.2) is 26.9 Å². The molecule has 0 radical (unpaired) electrons. The average Bonchev–Trinajstić information content (AvgIpc) is 3.00. The highest BCUT2D eigenvalue weighted by Crippen LogP contribution is 2.29. The highest BCUT2D eigenvalue weighted by molar-refractivity contribution is 7.19. The second kappa shape index (κ2) is 6.20. The molecule has 0 atom stereocenters. The van der Waals surface area contributed by atoms with Crippen LogP contribution in [0.1, 0.15) is 10.6 Å². The van der Waals surface area contributed by atoms with Crippen LogP contribution in [-0.4, -0.2) is 9.91 Å². The zero-order valence-corrected chi connectivity index (χ0v) is 12.7. The van der Waals surface area contributed by atoms with Gasteiger partial charge in [0.15, 0.2) is 23.3 Å². The summed E-state index contributed by atoms with van der Waals surface area (Å²) in [6, 6.07) is 3.89. The van der Waals surface area contributed by atoms with Crippen LogP contribution >= 0.6 is 11.3 Å². The van der Waals surface area contributed by atoms with Gasteiger partial charge >= 0.3 is 0 Å². The van der Waals surface area contributed by atoms with Gasteiger partial charge in [0.2, 0.25) is 5.82 Å². The van der Waals surface area contributed by atoms with Crippen molar-refractivity contribution in [3.05, 3.63) is 68.0 Å². The van der Waals surface area contributed by atoms with Crippen molar-refractivity contribution in [2.45, 2.75) is 0 Å². The van der Waals surface area contributed by atoms with E-state index < -0.39 is 39.6 Å². The van der Waals surface area contributed by atoms with E-state index in [2.05, 4.69) is 4.98 Å². The van der Waals surface area contributed by atoms with Crippen molar-refractivity contribution in [2.24, 2.45) is 0 Å². The molecule has 3 rings (SSSR count). The van der Waals surface area contributed by atoms with Crippen LogP contribution < -0.4 is 0 Å². The van der Waals surface area contributed by atoms with Gasteiger partial charge in [-0.15, -0.1) is 11.3 Å². The van der Waals surface area contributed by atoms with Crippen molar-refractivity contribution in [2.75, 3.05) is 0 Å². The van der Waals surface area contributed by atoms with Gasteiger partial charge < -0.3 is 0 Å². The molecule has 10 heteroatoms. The smallest absolute Gasteiger partial charge is 0.258 e. The molecule has 4 nitrogen and oxygen atoms in total. The van der Waals surface area contributed by atoms with Crippen molar-refractivity contribution in [3.8, 4) is 0 Å². The molecule has 0 aliphatic heterocycles. The minimum Gasteiger partial charge on any atom is -0.258 e. The van der Waals surface area contributed by atoms with Gasteiger partial charge in [0.05, 0.1) is 20.7 Å². The topological polar surface area (TPSA) is 56.0 Å². The second-order valence-corrected chi connectivity index (χ2v) is 5.84. The summed E-state index contributed by atoms with van der Waals surface area (Å²) in [6.07, 6.45) is 1.77. The van der Waals surface area contributed by atoms with Gasteiger partial charge in [-0.1, -0.05) is 0 Å². The van der Waals surface area contributed by atoms with Gasteiger partial charge in [-0.3, -0.25) is 10.1 Å². The molecule has 0 amide bonds. The summed E-state index contributed by atoms with van der Waals surface area (Å²) in [4.78, 5) is 14.2. The molecule has 3 aromatic rings. The van der Waals surface area contributed by atoms with Gasteiger partial charge in [-0.2, -0.15) is 0 Å². The lowest BCUT2D eigenvalue weighted by atomic mass is 10.1. The average molecular weight is 372 g/mol. The Morgan fingerprint density at radius 3 is 2.16 bits per heavy atom. The number of thiazole rings is 1. The number of non-ortho nitro benzene ring substituents is 1. The van der Waals surface area contributed by atoms with E-state index in [-0.39, 0.29) is 10.7 Å². The van der Waals surface area contributed by atoms with Crippen molar-refractivity contribution >= 4 is 39.4 Å². The number of benzene rings is 2. The fraction of sp³-hybridized carbons (Fsp3) is 0. The number of nitro groups is 1. The van der Waals surface area contributed by atoms with Crippen LogP contribution in [0, 0.1) is 39.2 Å². The third-order valence-electron chi connectivity index (χ3n) is 3.24. The Morgan fingerprint density at radius 1 is 0.960 bits per heavy atom.